The highest BCUT2D eigenvalue weighted by Crippen LogP contribution is 2.06. The molecule has 1 unspecified atom stereocenters. The molecule has 5 nitrogen and oxygen atoms in total. The van der Waals surface area contributed by atoms with Crippen LogP contribution in [0.1, 0.15) is 19.0 Å². The quantitative estimate of drug-likeness (QED) is 0.836. The minimum absolute atomic E-state index is 0.249. The molecule has 0 saturated heterocycles. The predicted molar refractivity (Wildman–Crippen MR) is 65.6 cm³/mol. The van der Waals surface area contributed by atoms with Crippen LogP contribution in [0, 0.1) is 0 Å². The Bertz CT molecular complexity index is 480. The van der Waals surface area contributed by atoms with Crippen molar-refractivity contribution in [1.82, 2.24) is 19.3 Å². The first-order valence-electron chi connectivity index (χ1n) is 5.80. The molecule has 0 aliphatic carbocycles. The van der Waals surface area contributed by atoms with Crippen LogP contribution in [0.25, 0.3) is 5.78 Å². The summed E-state index contributed by atoms with van der Waals surface area (Å²) in [6.45, 7) is 3.48. The summed E-state index contributed by atoms with van der Waals surface area (Å²) in [5.74, 6) is 0.728. The number of hydrogen-bond donors (Lipinski definition) is 1. The van der Waals surface area contributed by atoms with Gasteiger partial charge in [0.2, 0.25) is 5.78 Å². The van der Waals surface area contributed by atoms with E-state index in [-0.39, 0.29) is 6.10 Å². The predicted octanol–water partition coefficient (Wildman–Crippen LogP) is 0.932. The molecule has 2 aromatic rings. The van der Waals surface area contributed by atoms with Crippen LogP contribution in [0.4, 0.5) is 0 Å². The number of aliphatic hydroxyl groups is 1. The molecular weight excluding hydrogens is 216 g/mol. The smallest absolute Gasteiger partial charge is 0.233 e. The number of aromatic nitrogens is 3. The minimum Gasteiger partial charge on any atom is -0.393 e. The van der Waals surface area contributed by atoms with Gasteiger partial charge in [0.1, 0.15) is 0 Å². The maximum absolute atomic E-state index is 9.24. The lowest BCUT2D eigenvalue weighted by Gasteiger charge is -2.16. The van der Waals surface area contributed by atoms with Crippen molar-refractivity contribution in [3.05, 3.63) is 30.4 Å². The highest BCUT2D eigenvalue weighted by Gasteiger charge is 2.07. The standard InChI is InChI=1S/C12H18N4O/c1-10(17)4-7-15(2)9-11-8-14-12-13-5-3-6-16(11)12/h3,5-6,8,10,17H,4,7,9H2,1-2H3. The second kappa shape index (κ2) is 5.25. The third-order valence-electron chi connectivity index (χ3n) is 2.73. The molecule has 0 bridgehead atoms. The molecule has 2 rings (SSSR count). The summed E-state index contributed by atoms with van der Waals surface area (Å²) in [5.41, 5.74) is 1.11. The van der Waals surface area contributed by atoms with Gasteiger partial charge in [0.05, 0.1) is 18.0 Å². The van der Waals surface area contributed by atoms with Crippen molar-refractivity contribution in [2.24, 2.45) is 0 Å². The molecule has 17 heavy (non-hydrogen) atoms. The van der Waals surface area contributed by atoms with Crippen LogP contribution in [0.5, 0.6) is 0 Å². The van der Waals surface area contributed by atoms with E-state index in [1.165, 1.54) is 0 Å². The molecule has 0 fully saturated rings. The van der Waals surface area contributed by atoms with E-state index in [0.29, 0.717) is 0 Å². The summed E-state index contributed by atoms with van der Waals surface area (Å²) in [6.07, 6.45) is 6.09. The Morgan fingerprint density at radius 1 is 1.47 bits per heavy atom. The summed E-state index contributed by atoms with van der Waals surface area (Å²) in [4.78, 5) is 10.6. The SMILES string of the molecule is CC(O)CCN(C)Cc1cnc2ncccn12. The number of hydrogen-bond acceptors (Lipinski definition) is 4. The average Bonchev–Trinajstić information content (AvgIpc) is 2.70. The Morgan fingerprint density at radius 3 is 3.06 bits per heavy atom. The van der Waals surface area contributed by atoms with Gasteiger partial charge in [-0.25, -0.2) is 9.97 Å². The summed E-state index contributed by atoms with van der Waals surface area (Å²) in [7, 11) is 2.04. The molecule has 2 aromatic heterocycles. The zero-order chi connectivity index (χ0) is 12.3. The Balaban J connectivity index is 2.03. The molecule has 92 valence electrons. The van der Waals surface area contributed by atoms with E-state index in [9.17, 15) is 5.11 Å². The van der Waals surface area contributed by atoms with Crippen molar-refractivity contribution in [2.75, 3.05) is 13.6 Å². The molecule has 0 aromatic carbocycles. The Labute approximate surface area is 101 Å². The van der Waals surface area contributed by atoms with Gasteiger partial charge in [-0.05, 0) is 26.5 Å². The molecule has 0 saturated carbocycles. The fourth-order valence-electron chi connectivity index (χ4n) is 1.76. The van der Waals surface area contributed by atoms with Crippen LogP contribution in [-0.4, -0.2) is 44.1 Å². The van der Waals surface area contributed by atoms with Crippen molar-refractivity contribution in [1.29, 1.82) is 0 Å². The van der Waals surface area contributed by atoms with Gasteiger partial charge in [0, 0.05) is 25.5 Å². The number of rotatable bonds is 5. The summed E-state index contributed by atoms with van der Waals surface area (Å²) >= 11 is 0. The van der Waals surface area contributed by atoms with Crippen molar-refractivity contribution in [3.8, 4) is 0 Å². The lowest BCUT2D eigenvalue weighted by atomic mass is 10.2. The Hall–Kier alpha value is -1.46. The second-order valence-corrected chi connectivity index (χ2v) is 4.41. The molecule has 0 aliphatic rings. The molecule has 1 N–H and O–H groups in total. The zero-order valence-electron chi connectivity index (χ0n) is 10.2. The third kappa shape index (κ3) is 3.01. The molecular formula is C12H18N4O. The van der Waals surface area contributed by atoms with E-state index in [2.05, 4.69) is 14.9 Å². The number of nitrogens with zero attached hydrogens (tertiary/aromatic N) is 4. The van der Waals surface area contributed by atoms with Gasteiger partial charge < -0.3 is 10.0 Å². The molecule has 1 atom stereocenters. The van der Waals surface area contributed by atoms with Crippen LogP contribution in [0.15, 0.2) is 24.7 Å². The molecule has 0 spiro atoms. The highest BCUT2D eigenvalue weighted by atomic mass is 16.3. The Kier molecular flexibility index (Phi) is 3.71. The van der Waals surface area contributed by atoms with Gasteiger partial charge in [-0.15, -0.1) is 0 Å². The highest BCUT2D eigenvalue weighted by molar-refractivity contribution is 5.30. The van der Waals surface area contributed by atoms with Crippen LogP contribution in [0.2, 0.25) is 0 Å². The molecule has 5 heteroatoms. The fourth-order valence-corrected chi connectivity index (χ4v) is 1.76. The minimum atomic E-state index is -0.249. The van der Waals surface area contributed by atoms with Crippen LogP contribution >= 0.6 is 0 Å². The zero-order valence-corrected chi connectivity index (χ0v) is 10.2. The molecule has 0 radical (unpaired) electrons. The third-order valence-corrected chi connectivity index (χ3v) is 2.73. The van der Waals surface area contributed by atoms with Gasteiger partial charge in [-0.2, -0.15) is 0 Å². The van der Waals surface area contributed by atoms with Gasteiger partial charge in [0.25, 0.3) is 0 Å². The number of fused-ring (bicyclic) bond motifs is 1. The number of aliphatic hydroxyl groups excluding tert-OH is 1. The van der Waals surface area contributed by atoms with E-state index >= 15 is 0 Å². The first-order valence-corrected chi connectivity index (χ1v) is 5.80. The average molecular weight is 234 g/mol. The first kappa shape index (κ1) is 12.0. The Morgan fingerprint density at radius 2 is 2.29 bits per heavy atom. The fraction of sp³-hybridized carbons (Fsp3) is 0.500. The van der Waals surface area contributed by atoms with E-state index in [0.717, 1.165) is 31.0 Å². The van der Waals surface area contributed by atoms with Gasteiger partial charge in [-0.1, -0.05) is 0 Å². The van der Waals surface area contributed by atoms with Crippen molar-refractivity contribution >= 4 is 5.78 Å². The van der Waals surface area contributed by atoms with E-state index < -0.39 is 0 Å². The van der Waals surface area contributed by atoms with E-state index in [1.54, 1.807) is 6.20 Å². The first-order chi connectivity index (χ1) is 8.16. The van der Waals surface area contributed by atoms with Crippen LogP contribution in [0.3, 0.4) is 0 Å². The largest absolute Gasteiger partial charge is 0.393 e. The number of imidazole rings is 1. The normalized spacial score (nSPS) is 13.4. The van der Waals surface area contributed by atoms with Gasteiger partial charge >= 0.3 is 0 Å². The van der Waals surface area contributed by atoms with Crippen LogP contribution in [-0.2, 0) is 6.54 Å². The van der Waals surface area contributed by atoms with Gasteiger partial charge in [0.15, 0.2) is 0 Å². The van der Waals surface area contributed by atoms with E-state index in [4.69, 9.17) is 0 Å². The molecule has 2 heterocycles. The summed E-state index contributed by atoms with van der Waals surface area (Å²) < 4.78 is 1.98. The lowest BCUT2D eigenvalue weighted by molar-refractivity contribution is 0.162. The maximum Gasteiger partial charge on any atom is 0.233 e. The second-order valence-electron chi connectivity index (χ2n) is 4.41. The van der Waals surface area contributed by atoms with Crippen molar-refractivity contribution in [2.45, 2.75) is 26.0 Å². The van der Waals surface area contributed by atoms with Gasteiger partial charge in [-0.3, -0.25) is 4.40 Å². The van der Waals surface area contributed by atoms with Crippen molar-refractivity contribution in [3.63, 3.8) is 0 Å². The maximum atomic E-state index is 9.24. The van der Waals surface area contributed by atoms with Crippen LogP contribution < -0.4 is 0 Å². The van der Waals surface area contributed by atoms with E-state index in [1.807, 2.05) is 36.8 Å². The molecule has 0 amide bonds. The topological polar surface area (TPSA) is 53.7 Å². The molecule has 0 aliphatic heterocycles. The summed E-state index contributed by atoms with van der Waals surface area (Å²) in [5, 5.41) is 9.24. The monoisotopic (exact) mass is 234 g/mol. The lowest BCUT2D eigenvalue weighted by Crippen LogP contribution is -2.22. The van der Waals surface area contributed by atoms with Crippen molar-refractivity contribution < 1.29 is 5.11 Å². The summed E-state index contributed by atoms with van der Waals surface area (Å²) in [6, 6.07) is 1.90.